The fourth-order valence-corrected chi connectivity index (χ4v) is 3.72. The van der Waals surface area contributed by atoms with Crippen molar-refractivity contribution in [2.75, 3.05) is 17.2 Å². The lowest BCUT2D eigenvalue weighted by atomic mass is 10.1. The number of para-hydroxylation sites is 1. The Morgan fingerprint density at radius 3 is 2.47 bits per heavy atom. The summed E-state index contributed by atoms with van der Waals surface area (Å²) in [7, 11) is 0. The number of guanidine groups is 1. The number of nitrogens with one attached hydrogen (secondary N) is 4. The van der Waals surface area contributed by atoms with Crippen LogP contribution in [0.5, 0.6) is 0 Å². The number of anilines is 2. The number of aromatic nitrogens is 1. The van der Waals surface area contributed by atoms with Gasteiger partial charge in [0.25, 0.3) is 5.91 Å². The Morgan fingerprint density at radius 1 is 0.912 bits per heavy atom. The summed E-state index contributed by atoms with van der Waals surface area (Å²) < 4.78 is 0. The van der Waals surface area contributed by atoms with Crippen LogP contribution in [0.2, 0.25) is 0 Å². The second kappa shape index (κ2) is 10.5. The van der Waals surface area contributed by atoms with Crippen LogP contribution < -0.4 is 16.0 Å². The summed E-state index contributed by atoms with van der Waals surface area (Å²) in [5.74, 6) is -0.156. The zero-order chi connectivity index (χ0) is 23.9. The molecule has 0 aliphatic heterocycles. The largest absolute Gasteiger partial charge is 0.361 e. The maximum atomic E-state index is 13.0. The molecular formula is C27H27N5O2. The van der Waals surface area contributed by atoms with Gasteiger partial charge in [-0.2, -0.15) is 0 Å². The van der Waals surface area contributed by atoms with Crippen LogP contribution in [0.3, 0.4) is 0 Å². The van der Waals surface area contributed by atoms with Crippen molar-refractivity contribution in [2.45, 2.75) is 20.3 Å². The molecule has 0 saturated carbocycles. The zero-order valence-corrected chi connectivity index (χ0v) is 19.2. The van der Waals surface area contributed by atoms with Crippen LogP contribution >= 0.6 is 0 Å². The number of fused-ring (bicyclic) bond motifs is 1. The standard InChI is InChI=1S/C27H27N5O2/c1-18-7-5-9-22(15-18)31-27(28-14-13-21-17-29-25-12-4-3-11-24(21)25)32-26(34)20-8-6-10-23(16-20)30-19(2)33/h3-12,15-17,29H,13-14H2,1-2H3,(H,30,33)(H2,28,31,32,34). The normalized spacial score (nSPS) is 11.3. The number of carbonyl (C=O) groups is 2. The monoisotopic (exact) mass is 453 g/mol. The number of rotatable bonds is 6. The van der Waals surface area contributed by atoms with Gasteiger partial charge < -0.3 is 15.6 Å². The lowest BCUT2D eigenvalue weighted by Gasteiger charge is -2.13. The van der Waals surface area contributed by atoms with Crippen LogP contribution in [0.15, 0.2) is 84.0 Å². The highest BCUT2D eigenvalue weighted by Gasteiger charge is 2.11. The van der Waals surface area contributed by atoms with E-state index >= 15 is 0 Å². The summed E-state index contributed by atoms with van der Waals surface area (Å²) in [4.78, 5) is 32.3. The lowest BCUT2D eigenvalue weighted by Crippen LogP contribution is -2.36. The van der Waals surface area contributed by atoms with Crippen molar-refractivity contribution >= 4 is 40.1 Å². The van der Waals surface area contributed by atoms with Gasteiger partial charge in [0.05, 0.1) is 0 Å². The zero-order valence-electron chi connectivity index (χ0n) is 19.2. The molecule has 0 aliphatic rings. The molecular weight excluding hydrogens is 426 g/mol. The van der Waals surface area contributed by atoms with Crippen molar-refractivity contribution in [1.82, 2.24) is 10.3 Å². The molecule has 0 unspecified atom stereocenters. The molecule has 4 N–H and O–H groups in total. The second-order valence-corrected chi connectivity index (χ2v) is 8.05. The van der Waals surface area contributed by atoms with Gasteiger partial charge in [-0.3, -0.25) is 19.9 Å². The predicted octanol–water partition coefficient (Wildman–Crippen LogP) is 4.88. The van der Waals surface area contributed by atoms with Gasteiger partial charge in [-0.1, -0.05) is 36.4 Å². The van der Waals surface area contributed by atoms with E-state index in [1.807, 2.05) is 55.6 Å². The molecule has 0 aliphatic carbocycles. The van der Waals surface area contributed by atoms with Crippen molar-refractivity contribution in [1.29, 1.82) is 0 Å². The third-order valence-electron chi connectivity index (χ3n) is 5.28. The summed E-state index contributed by atoms with van der Waals surface area (Å²) in [6, 6.07) is 22.8. The molecule has 34 heavy (non-hydrogen) atoms. The Bertz CT molecular complexity index is 1360. The molecule has 0 fully saturated rings. The Morgan fingerprint density at radius 2 is 1.68 bits per heavy atom. The molecule has 0 bridgehead atoms. The number of H-pyrrole nitrogens is 1. The fourth-order valence-electron chi connectivity index (χ4n) is 3.72. The number of aromatic amines is 1. The highest BCUT2D eigenvalue weighted by molar-refractivity contribution is 6.10. The van der Waals surface area contributed by atoms with Gasteiger partial charge in [0.2, 0.25) is 11.9 Å². The summed E-state index contributed by atoms with van der Waals surface area (Å²) in [6.45, 7) is 3.92. The maximum absolute atomic E-state index is 13.0. The van der Waals surface area contributed by atoms with Crippen molar-refractivity contribution in [3.63, 3.8) is 0 Å². The van der Waals surface area contributed by atoms with E-state index in [1.54, 1.807) is 24.3 Å². The number of benzene rings is 3. The van der Waals surface area contributed by atoms with E-state index in [2.05, 4.69) is 32.0 Å². The predicted molar refractivity (Wildman–Crippen MR) is 137 cm³/mol. The minimum Gasteiger partial charge on any atom is -0.361 e. The third kappa shape index (κ3) is 5.89. The van der Waals surface area contributed by atoms with E-state index in [4.69, 9.17) is 0 Å². The van der Waals surface area contributed by atoms with Gasteiger partial charge in [0.1, 0.15) is 0 Å². The number of amides is 2. The number of aliphatic imine (C=N–C) groups is 1. The molecule has 2 amide bonds. The topological polar surface area (TPSA) is 98.4 Å². The molecule has 3 aromatic carbocycles. The minimum absolute atomic E-state index is 0.196. The Balaban J connectivity index is 1.52. The molecule has 7 nitrogen and oxygen atoms in total. The first-order valence-electron chi connectivity index (χ1n) is 11.1. The molecule has 1 heterocycles. The van der Waals surface area contributed by atoms with Gasteiger partial charge in [-0.25, -0.2) is 0 Å². The Kier molecular flexibility index (Phi) is 7.03. The molecule has 0 radical (unpaired) electrons. The first-order chi connectivity index (χ1) is 16.5. The molecule has 0 atom stereocenters. The quantitative estimate of drug-likeness (QED) is 0.247. The maximum Gasteiger partial charge on any atom is 0.258 e. The smallest absolute Gasteiger partial charge is 0.258 e. The number of nitrogens with zero attached hydrogens (tertiary/aromatic N) is 1. The van der Waals surface area contributed by atoms with E-state index in [0.717, 1.165) is 23.2 Å². The molecule has 0 spiro atoms. The van der Waals surface area contributed by atoms with Crippen LogP contribution in [-0.2, 0) is 11.2 Å². The minimum atomic E-state index is -0.321. The molecule has 172 valence electrons. The summed E-state index contributed by atoms with van der Waals surface area (Å²) >= 11 is 0. The Labute approximate surface area is 198 Å². The average molecular weight is 454 g/mol. The first-order valence-corrected chi connectivity index (χ1v) is 11.1. The highest BCUT2D eigenvalue weighted by atomic mass is 16.2. The van der Waals surface area contributed by atoms with Gasteiger partial charge in [0, 0.05) is 47.5 Å². The number of hydrogen-bond acceptors (Lipinski definition) is 3. The van der Waals surface area contributed by atoms with Crippen molar-refractivity contribution < 1.29 is 9.59 Å². The SMILES string of the molecule is CC(=O)Nc1cccc(C(=O)NC(=NCCc2c[nH]c3ccccc23)Nc2cccc(C)c2)c1. The third-order valence-corrected chi connectivity index (χ3v) is 5.28. The second-order valence-electron chi connectivity index (χ2n) is 8.05. The van der Waals surface area contributed by atoms with Gasteiger partial charge >= 0.3 is 0 Å². The van der Waals surface area contributed by atoms with Crippen LogP contribution in [0.25, 0.3) is 10.9 Å². The van der Waals surface area contributed by atoms with Crippen LogP contribution in [0.1, 0.15) is 28.4 Å². The summed E-state index contributed by atoms with van der Waals surface area (Å²) in [5, 5.41) is 9.97. The van der Waals surface area contributed by atoms with Crippen molar-refractivity contribution in [2.24, 2.45) is 4.99 Å². The average Bonchev–Trinajstić information content (AvgIpc) is 3.22. The van der Waals surface area contributed by atoms with Crippen LogP contribution in [0, 0.1) is 6.92 Å². The number of aryl methyl sites for hydroxylation is 1. The van der Waals surface area contributed by atoms with E-state index in [-0.39, 0.29) is 11.8 Å². The first kappa shape index (κ1) is 22.8. The van der Waals surface area contributed by atoms with Crippen molar-refractivity contribution in [3.05, 3.63) is 95.7 Å². The lowest BCUT2D eigenvalue weighted by molar-refractivity contribution is -0.114. The van der Waals surface area contributed by atoms with Gasteiger partial charge in [0.15, 0.2) is 0 Å². The van der Waals surface area contributed by atoms with E-state index in [1.165, 1.54) is 17.9 Å². The van der Waals surface area contributed by atoms with E-state index in [0.29, 0.717) is 23.8 Å². The molecule has 1 aromatic heterocycles. The highest BCUT2D eigenvalue weighted by Crippen LogP contribution is 2.18. The van der Waals surface area contributed by atoms with E-state index in [9.17, 15) is 9.59 Å². The molecule has 7 heteroatoms. The Hall–Kier alpha value is -4.39. The van der Waals surface area contributed by atoms with Gasteiger partial charge in [-0.05, 0) is 60.9 Å². The molecule has 0 saturated heterocycles. The van der Waals surface area contributed by atoms with Crippen LogP contribution in [-0.4, -0.2) is 29.3 Å². The van der Waals surface area contributed by atoms with Crippen LogP contribution in [0.4, 0.5) is 11.4 Å². The summed E-state index contributed by atoms with van der Waals surface area (Å²) in [5.41, 5.74) is 5.16. The fraction of sp³-hybridized carbons (Fsp3) is 0.148. The van der Waals surface area contributed by atoms with Crippen molar-refractivity contribution in [3.8, 4) is 0 Å². The number of carbonyl (C=O) groups excluding carboxylic acids is 2. The molecule has 4 rings (SSSR count). The van der Waals surface area contributed by atoms with E-state index < -0.39 is 0 Å². The molecule has 4 aromatic rings. The summed E-state index contributed by atoms with van der Waals surface area (Å²) in [6.07, 6.45) is 2.72. The van der Waals surface area contributed by atoms with Gasteiger partial charge in [-0.15, -0.1) is 0 Å². The number of hydrogen-bond donors (Lipinski definition) is 4.